The van der Waals surface area contributed by atoms with E-state index in [9.17, 15) is 4.79 Å². The van der Waals surface area contributed by atoms with Crippen LogP contribution >= 0.6 is 0 Å². The van der Waals surface area contributed by atoms with E-state index in [-0.39, 0.29) is 5.54 Å². The predicted molar refractivity (Wildman–Crippen MR) is 76.1 cm³/mol. The molecule has 0 aromatic carbocycles. The number of carboxylic acids is 1. The first-order valence-corrected chi connectivity index (χ1v) is 8.61. The van der Waals surface area contributed by atoms with Crippen molar-refractivity contribution < 1.29 is 23.2 Å². The highest BCUT2D eigenvalue weighted by Crippen LogP contribution is 2.31. The first kappa shape index (κ1) is 18.3. The molecule has 1 atom stereocenters. The average Bonchev–Trinajstić information content (AvgIpc) is 2.36. The Hall–Kier alpha value is -0.693. The molecule has 0 heterocycles. The van der Waals surface area contributed by atoms with Gasteiger partial charge in [0.05, 0.1) is 0 Å². The molecule has 112 valence electrons. The fraction of sp³-hybridized carbons (Fsp3) is 0.769. The van der Waals surface area contributed by atoms with Crippen molar-refractivity contribution in [2.75, 3.05) is 19.8 Å². The summed E-state index contributed by atoms with van der Waals surface area (Å²) in [6.07, 6.45) is 2.42. The van der Waals surface area contributed by atoms with Crippen molar-refractivity contribution in [1.29, 1.82) is 0 Å². The average molecular weight is 290 g/mol. The van der Waals surface area contributed by atoms with Crippen LogP contribution < -0.4 is 0 Å². The molecule has 0 amide bonds. The van der Waals surface area contributed by atoms with Crippen molar-refractivity contribution in [2.24, 2.45) is 0 Å². The molecule has 6 heteroatoms. The van der Waals surface area contributed by atoms with Gasteiger partial charge in [-0.1, -0.05) is 13.0 Å². The zero-order chi connectivity index (χ0) is 14.9. The summed E-state index contributed by atoms with van der Waals surface area (Å²) in [4.78, 5) is 11.0. The SMILES string of the molecule is CCO[Si](OCC)(OCC)C(C=C(C)C(=O)O)CC. The third kappa shape index (κ3) is 5.44. The van der Waals surface area contributed by atoms with Crippen LogP contribution in [0.2, 0.25) is 5.54 Å². The first-order chi connectivity index (χ1) is 8.97. The van der Waals surface area contributed by atoms with Crippen molar-refractivity contribution in [1.82, 2.24) is 0 Å². The lowest BCUT2D eigenvalue weighted by Gasteiger charge is -2.33. The summed E-state index contributed by atoms with van der Waals surface area (Å²) in [5.74, 6) is -0.925. The van der Waals surface area contributed by atoms with Gasteiger partial charge in [0, 0.05) is 30.9 Å². The summed E-state index contributed by atoms with van der Waals surface area (Å²) >= 11 is 0. The smallest absolute Gasteiger partial charge is 0.478 e. The standard InChI is InChI=1S/C13H26O5Si/c1-6-12(10-11(5)13(14)15)19(16-7-2,17-8-3)18-9-4/h10,12H,6-9H2,1-5H3,(H,14,15). The second-order valence-corrected chi connectivity index (χ2v) is 6.89. The van der Waals surface area contributed by atoms with Crippen LogP contribution in [-0.2, 0) is 18.1 Å². The van der Waals surface area contributed by atoms with E-state index in [1.807, 2.05) is 27.7 Å². The maximum Gasteiger partial charge on any atom is 0.508 e. The first-order valence-electron chi connectivity index (χ1n) is 6.80. The zero-order valence-electron chi connectivity index (χ0n) is 12.6. The van der Waals surface area contributed by atoms with Gasteiger partial charge in [0.1, 0.15) is 0 Å². The molecule has 5 nitrogen and oxygen atoms in total. The second-order valence-electron chi connectivity index (χ2n) is 4.07. The van der Waals surface area contributed by atoms with Crippen molar-refractivity contribution in [3.8, 4) is 0 Å². The van der Waals surface area contributed by atoms with E-state index in [0.717, 1.165) is 6.42 Å². The van der Waals surface area contributed by atoms with Crippen LogP contribution in [0.15, 0.2) is 11.6 Å². The number of rotatable bonds is 10. The van der Waals surface area contributed by atoms with Crippen LogP contribution in [0.5, 0.6) is 0 Å². The molecule has 0 aliphatic heterocycles. The van der Waals surface area contributed by atoms with Crippen LogP contribution in [0.1, 0.15) is 41.0 Å². The molecule has 0 aromatic heterocycles. The Bertz CT molecular complexity index is 286. The fourth-order valence-electron chi connectivity index (χ4n) is 1.89. The number of carboxylic acid groups (broad SMARTS) is 1. The number of hydrogen-bond donors (Lipinski definition) is 1. The third-order valence-electron chi connectivity index (χ3n) is 2.72. The zero-order valence-corrected chi connectivity index (χ0v) is 13.6. The van der Waals surface area contributed by atoms with Crippen molar-refractivity contribution in [2.45, 2.75) is 46.6 Å². The van der Waals surface area contributed by atoms with E-state index in [0.29, 0.717) is 25.4 Å². The molecule has 0 aliphatic carbocycles. The van der Waals surface area contributed by atoms with Gasteiger partial charge in [-0.05, 0) is 34.1 Å². The molecule has 0 saturated heterocycles. The van der Waals surface area contributed by atoms with Gasteiger partial charge in [-0.2, -0.15) is 0 Å². The summed E-state index contributed by atoms with van der Waals surface area (Å²) in [7, 11) is -2.87. The highest BCUT2D eigenvalue weighted by Gasteiger charge is 2.47. The Kier molecular flexibility index (Phi) is 8.91. The summed E-state index contributed by atoms with van der Waals surface area (Å²) in [5.41, 5.74) is 0.159. The highest BCUT2D eigenvalue weighted by atomic mass is 28.4. The fourth-order valence-corrected chi connectivity index (χ4v) is 4.95. The minimum absolute atomic E-state index is 0.136. The van der Waals surface area contributed by atoms with Gasteiger partial charge in [-0.15, -0.1) is 0 Å². The van der Waals surface area contributed by atoms with Crippen LogP contribution in [0.25, 0.3) is 0 Å². The van der Waals surface area contributed by atoms with Gasteiger partial charge >= 0.3 is 14.8 Å². The highest BCUT2D eigenvalue weighted by molar-refractivity contribution is 6.63. The summed E-state index contributed by atoms with van der Waals surface area (Å²) < 4.78 is 17.4. The van der Waals surface area contributed by atoms with Crippen LogP contribution in [0, 0.1) is 0 Å². The van der Waals surface area contributed by atoms with E-state index in [1.54, 1.807) is 13.0 Å². The Morgan fingerprint density at radius 1 is 1.11 bits per heavy atom. The molecule has 0 radical (unpaired) electrons. The lowest BCUT2D eigenvalue weighted by molar-refractivity contribution is -0.132. The van der Waals surface area contributed by atoms with E-state index < -0.39 is 14.8 Å². The number of hydrogen-bond acceptors (Lipinski definition) is 4. The Balaban J connectivity index is 5.36. The van der Waals surface area contributed by atoms with Crippen molar-refractivity contribution >= 4 is 14.8 Å². The molecule has 0 bridgehead atoms. The molecule has 0 aromatic rings. The summed E-state index contributed by atoms with van der Waals surface area (Å²) in [5, 5.41) is 9.01. The largest absolute Gasteiger partial charge is 0.508 e. The van der Waals surface area contributed by atoms with Crippen LogP contribution in [0.3, 0.4) is 0 Å². The minimum atomic E-state index is -2.87. The molecule has 19 heavy (non-hydrogen) atoms. The van der Waals surface area contributed by atoms with Gasteiger partial charge in [0.15, 0.2) is 0 Å². The van der Waals surface area contributed by atoms with Crippen molar-refractivity contribution in [3.63, 3.8) is 0 Å². The number of carbonyl (C=O) groups is 1. The normalized spacial score (nSPS) is 14.5. The van der Waals surface area contributed by atoms with E-state index in [2.05, 4.69) is 0 Å². The van der Waals surface area contributed by atoms with Gasteiger partial charge in [0.25, 0.3) is 0 Å². The molecular weight excluding hydrogens is 264 g/mol. The Morgan fingerprint density at radius 2 is 1.53 bits per heavy atom. The predicted octanol–water partition coefficient (Wildman–Crippen LogP) is 2.85. The van der Waals surface area contributed by atoms with E-state index in [1.165, 1.54) is 0 Å². The second kappa shape index (κ2) is 9.25. The molecular formula is C13H26O5Si. The maximum atomic E-state index is 11.0. The lowest BCUT2D eigenvalue weighted by atomic mass is 10.2. The topological polar surface area (TPSA) is 65.0 Å². The van der Waals surface area contributed by atoms with Gasteiger partial charge in [0.2, 0.25) is 0 Å². The number of allylic oxidation sites excluding steroid dienone is 1. The molecule has 0 aliphatic rings. The molecule has 0 spiro atoms. The molecule has 1 N–H and O–H groups in total. The molecule has 1 unspecified atom stereocenters. The van der Waals surface area contributed by atoms with E-state index >= 15 is 0 Å². The van der Waals surface area contributed by atoms with Gasteiger partial charge in [-0.3, -0.25) is 0 Å². The third-order valence-corrected chi connectivity index (χ3v) is 6.28. The minimum Gasteiger partial charge on any atom is -0.478 e. The van der Waals surface area contributed by atoms with Crippen LogP contribution in [-0.4, -0.2) is 39.7 Å². The van der Waals surface area contributed by atoms with Crippen molar-refractivity contribution in [3.05, 3.63) is 11.6 Å². The van der Waals surface area contributed by atoms with Crippen LogP contribution in [0.4, 0.5) is 0 Å². The molecule has 0 fully saturated rings. The summed E-state index contributed by atoms with van der Waals surface area (Å²) in [6.45, 7) is 10.7. The molecule has 0 saturated carbocycles. The Morgan fingerprint density at radius 3 is 1.79 bits per heavy atom. The Labute approximate surface area is 116 Å². The maximum absolute atomic E-state index is 11.0. The number of aliphatic carboxylic acids is 1. The monoisotopic (exact) mass is 290 g/mol. The van der Waals surface area contributed by atoms with E-state index in [4.69, 9.17) is 18.4 Å². The van der Waals surface area contributed by atoms with Gasteiger partial charge in [-0.25, -0.2) is 4.79 Å². The summed E-state index contributed by atoms with van der Waals surface area (Å²) in [6, 6.07) is 0. The molecule has 0 rings (SSSR count). The lowest BCUT2D eigenvalue weighted by Crippen LogP contribution is -2.50. The quantitative estimate of drug-likeness (QED) is 0.495. The van der Waals surface area contributed by atoms with Gasteiger partial charge < -0.3 is 18.4 Å².